The molecule has 19 heavy (non-hydrogen) atoms. The third-order valence-corrected chi connectivity index (χ3v) is 4.26. The van der Waals surface area contributed by atoms with Gasteiger partial charge in [0.05, 0.1) is 27.7 Å². The highest BCUT2D eigenvalue weighted by Gasteiger charge is 2.16. The van der Waals surface area contributed by atoms with Crippen molar-refractivity contribution < 1.29 is 0 Å². The van der Waals surface area contributed by atoms with Crippen LogP contribution in [-0.2, 0) is 6.54 Å². The Labute approximate surface area is 128 Å². The predicted octanol–water partition coefficient (Wildman–Crippen LogP) is 5.15. The van der Waals surface area contributed by atoms with E-state index in [9.17, 15) is 0 Å². The van der Waals surface area contributed by atoms with Crippen LogP contribution in [0.1, 0.15) is 34.8 Å². The average molecular weight is 318 g/mol. The van der Waals surface area contributed by atoms with Gasteiger partial charge >= 0.3 is 0 Å². The Bertz CT molecular complexity index is 603. The summed E-state index contributed by atoms with van der Waals surface area (Å²) in [6.45, 7) is 6.54. The number of halogens is 3. The maximum absolute atomic E-state index is 6.21. The summed E-state index contributed by atoms with van der Waals surface area (Å²) in [5, 5.41) is 5.62. The molecule has 1 aromatic carbocycles. The van der Waals surface area contributed by atoms with Crippen molar-refractivity contribution in [2.45, 2.75) is 32.7 Å². The van der Waals surface area contributed by atoms with Crippen molar-refractivity contribution in [3.8, 4) is 0 Å². The van der Waals surface area contributed by atoms with Crippen LogP contribution in [0, 0.1) is 13.8 Å². The highest BCUT2D eigenvalue weighted by atomic mass is 35.5. The quantitative estimate of drug-likeness (QED) is 0.715. The van der Waals surface area contributed by atoms with E-state index in [1.165, 1.54) is 0 Å². The highest BCUT2D eigenvalue weighted by molar-refractivity contribution is 6.42. The summed E-state index contributed by atoms with van der Waals surface area (Å²) < 4.78 is 1.92. The fourth-order valence-corrected chi connectivity index (χ4v) is 2.97. The third-order valence-electron chi connectivity index (χ3n) is 3.19. The molecule has 2 nitrogen and oxygen atoms in total. The van der Waals surface area contributed by atoms with E-state index in [0.29, 0.717) is 16.6 Å². The number of alkyl halides is 1. The van der Waals surface area contributed by atoms with Crippen LogP contribution in [0.25, 0.3) is 0 Å². The lowest BCUT2D eigenvalue weighted by atomic mass is 10.1. The Hall–Kier alpha value is -0.700. The van der Waals surface area contributed by atoms with E-state index in [1.807, 2.05) is 37.6 Å². The van der Waals surface area contributed by atoms with E-state index in [0.717, 1.165) is 22.5 Å². The van der Waals surface area contributed by atoms with E-state index >= 15 is 0 Å². The van der Waals surface area contributed by atoms with Gasteiger partial charge in [0, 0.05) is 11.3 Å². The van der Waals surface area contributed by atoms with Crippen LogP contribution in [0.5, 0.6) is 0 Å². The molecule has 1 heterocycles. The lowest BCUT2D eigenvalue weighted by molar-refractivity contribution is 0.658. The van der Waals surface area contributed by atoms with Crippen LogP contribution in [0.2, 0.25) is 10.0 Å². The monoisotopic (exact) mass is 316 g/mol. The Morgan fingerprint density at radius 3 is 2.53 bits per heavy atom. The van der Waals surface area contributed by atoms with Gasteiger partial charge in [0.25, 0.3) is 0 Å². The van der Waals surface area contributed by atoms with Crippen molar-refractivity contribution in [1.82, 2.24) is 9.78 Å². The molecule has 102 valence electrons. The maximum Gasteiger partial charge on any atom is 0.0677 e. The zero-order valence-electron chi connectivity index (χ0n) is 11.0. The zero-order chi connectivity index (χ0) is 14.2. The minimum Gasteiger partial charge on any atom is -0.265 e. The minimum absolute atomic E-state index is 0.0522. The maximum atomic E-state index is 6.21. The molecule has 0 aliphatic carbocycles. The number of hydrogen-bond acceptors (Lipinski definition) is 1. The van der Waals surface area contributed by atoms with Gasteiger partial charge in [0.2, 0.25) is 0 Å². The fraction of sp³-hybridized carbons (Fsp3) is 0.357. The molecule has 0 radical (unpaired) electrons. The molecule has 0 aliphatic heterocycles. The molecule has 0 fully saturated rings. The second kappa shape index (κ2) is 5.74. The summed E-state index contributed by atoms with van der Waals surface area (Å²) in [5.41, 5.74) is 4.06. The van der Waals surface area contributed by atoms with Crippen molar-refractivity contribution in [1.29, 1.82) is 0 Å². The Morgan fingerprint density at radius 1 is 1.26 bits per heavy atom. The molecular weight excluding hydrogens is 303 g/mol. The summed E-state index contributed by atoms with van der Waals surface area (Å²) in [7, 11) is 0. The van der Waals surface area contributed by atoms with Crippen LogP contribution >= 0.6 is 34.8 Å². The lowest BCUT2D eigenvalue weighted by Crippen LogP contribution is -2.05. The van der Waals surface area contributed by atoms with E-state index in [2.05, 4.69) is 5.10 Å². The molecule has 0 amide bonds. The summed E-state index contributed by atoms with van der Waals surface area (Å²) >= 11 is 18.4. The molecule has 5 heteroatoms. The van der Waals surface area contributed by atoms with Crippen molar-refractivity contribution in [3.05, 3.63) is 50.8 Å². The second-order valence-electron chi connectivity index (χ2n) is 4.57. The van der Waals surface area contributed by atoms with Gasteiger partial charge in [-0.05, 0) is 32.4 Å². The first-order valence-corrected chi connectivity index (χ1v) is 7.22. The smallest absolute Gasteiger partial charge is 0.0677 e. The molecule has 1 atom stereocenters. The summed E-state index contributed by atoms with van der Waals surface area (Å²) in [5.74, 6) is 0. The second-order valence-corrected chi connectivity index (χ2v) is 6.01. The molecular formula is C14H15Cl3N2. The molecule has 0 bridgehead atoms. The van der Waals surface area contributed by atoms with E-state index in [1.54, 1.807) is 6.07 Å². The van der Waals surface area contributed by atoms with E-state index < -0.39 is 0 Å². The van der Waals surface area contributed by atoms with Gasteiger partial charge in [-0.25, -0.2) is 0 Å². The average Bonchev–Trinajstić information content (AvgIpc) is 2.60. The van der Waals surface area contributed by atoms with Crippen molar-refractivity contribution in [3.63, 3.8) is 0 Å². The van der Waals surface area contributed by atoms with E-state index in [4.69, 9.17) is 34.8 Å². The minimum atomic E-state index is -0.0522. The van der Waals surface area contributed by atoms with Crippen LogP contribution in [0.3, 0.4) is 0 Å². The number of aryl methyl sites for hydroxylation is 1. The highest BCUT2D eigenvalue weighted by Crippen LogP contribution is 2.29. The largest absolute Gasteiger partial charge is 0.265 e. The molecule has 1 aromatic heterocycles. The van der Waals surface area contributed by atoms with Gasteiger partial charge in [0.15, 0.2) is 0 Å². The Kier molecular flexibility index (Phi) is 4.44. The number of nitrogens with zero attached hydrogens (tertiary/aromatic N) is 2. The molecule has 0 spiro atoms. The number of rotatable bonds is 3. The Balaban J connectivity index is 2.39. The topological polar surface area (TPSA) is 17.8 Å². The van der Waals surface area contributed by atoms with Crippen LogP contribution < -0.4 is 0 Å². The zero-order valence-corrected chi connectivity index (χ0v) is 13.3. The van der Waals surface area contributed by atoms with E-state index in [-0.39, 0.29) is 5.38 Å². The molecule has 1 unspecified atom stereocenters. The number of aromatic nitrogens is 2. The molecule has 0 saturated heterocycles. The van der Waals surface area contributed by atoms with Crippen molar-refractivity contribution in [2.24, 2.45) is 0 Å². The summed E-state index contributed by atoms with van der Waals surface area (Å²) in [4.78, 5) is 0. The van der Waals surface area contributed by atoms with Crippen LogP contribution in [-0.4, -0.2) is 9.78 Å². The summed E-state index contributed by atoms with van der Waals surface area (Å²) in [6.07, 6.45) is 0. The van der Waals surface area contributed by atoms with Gasteiger partial charge < -0.3 is 0 Å². The summed E-state index contributed by atoms with van der Waals surface area (Å²) in [6, 6.07) is 5.62. The molecule has 2 rings (SSSR count). The van der Waals surface area contributed by atoms with Crippen molar-refractivity contribution >= 4 is 34.8 Å². The molecule has 0 saturated carbocycles. The number of hydrogen-bond donors (Lipinski definition) is 0. The van der Waals surface area contributed by atoms with Crippen LogP contribution in [0.15, 0.2) is 18.2 Å². The van der Waals surface area contributed by atoms with Gasteiger partial charge in [-0.1, -0.05) is 35.3 Å². The first kappa shape index (κ1) is 14.7. The fourth-order valence-electron chi connectivity index (χ4n) is 2.27. The SMILES string of the molecule is Cc1nn(Cc2cccc(Cl)c2Cl)c(C)c1C(C)Cl. The van der Waals surface area contributed by atoms with Gasteiger partial charge in [-0.3, -0.25) is 4.68 Å². The normalized spacial score (nSPS) is 12.7. The third kappa shape index (κ3) is 2.91. The van der Waals surface area contributed by atoms with Gasteiger partial charge in [0.1, 0.15) is 0 Å². The predicted molar refractivity (Wildman–Crippen MR) is 81.5 cm³/mol. The first-order valence-electron chi connectivity index (χ1n) is 6.02. The first-order chi connectivity index (χ1) is 8.91. The van der Waals surface area contributed by atoms with Crippen LogP contribution in [0.4, 0.5) is 0 Å². The number of benzene rings is 1. The molecule has 0 aliphatic rings. The van der Waals surface area contributed by atoms with Crippen molar-refractivity contribution in [2.75, 3.05) is 0 Å². The van der Waals surface area contributed by atoms with Gasteiger partial charge in [-0.2, -0.15) is 5.10 Å². The Morgan fingerprint density at radius 2 is 1.95 bits per heavy atom. The molecule has 0 N–H and O–H groups in total. The standard InChI is InChI=1S/C14H15Cl3N2/c1-8(15)13-9(2)18-19(10(13)3)7-11-5-4-6-12(16)14(11)17/h4-6,8H,7H2,1-3H3. The lowest BCUT2D eigenvalue weighted by Gasteiger charge is -2.09. The van der Waals surface area contributed by atoms with Gasteiger partial charge in [-0.15, -0.1) is 11.6 Å². The molecule has 2 aromatic rings.